The second-order valence-corrected chi connectivity index (χ2v) is 5.53. The number of halogens is 1. The number of aryl methyl sites for hydroxylation is 2. The lowest BCUT2D eigenvalue weighted by Gasteiger charge is -2.22. The fourth-order valence-electron chi connectivity index (χ4n) is 2.02. The van der Waals surface area contributed by atoms with Gasteiger partial charge in [-0.15, -0.1) is 24.0 Å². The highest BCUT2D eigenvalue weighted by atomic mass is 127. The first-order valence-electron chi connectivity index (χ1n) is 7.56. The summed E-state index contributed by atoms with van der Waals surface area (Å²) in [7, 11) is 1.82. The van der Waals surface area contributed by atoms with E-state index in [4.69, 9.17) is 4.42 Å². The number of guanidine groups is 1. The topological polar surface area (TPSA) is 100 Å². The molecule has 2 rings (SSSR count). The van der Waals surface area contributed by atoms with Crippen molar-refractivity contribution >= 4 is 29.9 Å². The van der Waals surface area contributed by atoms with Gasteiger partial charge in [0.25, 0.3) is 0 Å². The molecule has 0 bridgehead atoms. The molecule has 0 saturated carbocycles. The number of hydrogen-bond acceptors (Lipinski definition) is 5. The second kappa shape index (κ2) is 9.02. The number of rotatable bonds is 6. The molecule has 2 aromatic heterocycles. The number of nitrogens with zero attached hydrogens (tertiary/aromatic N) is 4. The van der Waals surface area contributed by atoms with Gasteiger partial charge in [-0.25, -0.2) is 9.98 Å². The van der Waals surface area contributed by atoms with E-state index in [-0.39, 0.29) is 30.5 Å². The van der Waals surface area contributed by atoms with Crippen LogP contribution in [0.5, 0.6) is 0 Å². The summed E-state index contributed by atoms with van der Waals surface area (Å²) in [5.74, 6) is 2.64. The third-order valence-corrected chi connectivity index (χ3v) is 3.40. The van der Waals surface area contributed by atoms with Crippen LogP contribution in [0.4, 0.5) is 0 Å². The van der Waals surface area contributed by atoms with Gasteiger partial charge in [-0.2, -0.15) is 5.10 Å². The quantitative estimate of drug-likeness (QED) is 0.350. The first kappa shape index (κ1) is 20.4. The summed E-state index contributed by atoms with van der Waals surface area (Å²) < 4.78 is 7.18. The van der Waals surface area contributed by atoms with Crippen molar-refractivity contribution in [2.24, 2.45) is 12.0 Å². The van der Waals surface area contributed by atoms with Crippen LogP contribution >= 0.6 is 24.0 Å². The molecule has 0 amide bonds. The van der Waals surface area contributed by atoms with Crippen molar-refractivity contribution in [3.05, 3.63) is 35.8 Å². The molecule has 0 aliphatic rings. The number of hydrogen-bond donors (Lipinski definition) is 3. The maximum absolute atomic E-state index is 10.5. The van der Waals surface area contributed by atoms with Gasteiger partial charge in [-0.05, 0) is 32.9 Å². The van der Waals surface area contributed by atoms with Crippen LogP contribution < -0.4 is 10.6 Å². The van der Waals surface area contributed by atoms with Crippen LogP contribution in [-0.4, -0.2) is 38.9 Å². The highest BCUT2D eigenvalue weighted by Gasteiger charge is 2.27. The van der Waals surface area contributed by atoms with E-state index < -0.39 is 5.60 Å². The smallest absolute Gasteiger partial charge is 0.191 e. The van der Waals surface area contributed by atoms with E-state index in [1.807, 2.05) is 27.0 Å². The van der Waals surface area contributed by atoms with Crippen LogP contribution in [-0.2, 0) is 19.2 Å². The third-order valence-electron chi connectivity index (χ3n) is 3.40. The molecule has 2 heterocycles. The maximum atomic E-state index is 10.5. The predicted molar refractivity (Wildman–Crippen MR) is 102 cm³/mol. The van der Waals surface area contributed by atoms with Crippen LogP contribution in [0.25, 0.3) is 0 Å². The van der Waals surface area contributed by atoms with Crippen molar-refractivity contribution in [3.8, 4) is 0 Å². The van der Waals surface area contributed by atoms with Crippen LogP contribution in [0, 0.1) is 6.92 Å². The molecule has 0 aliphatic carbocycles. The van der Waals surface area contributed by atoms with Gasteiger partial charge in [0.15, 0.2) is 5.96 Å². The molecule has 0 spiro atoms. The second-order valence-electron chi connectivity index (χ2n) is 5.53. The molecular formula is C15H25IN6O2. The van der Waals surface area contributed by atoms with E-state index in [0.717, 1.165) is 11.6 Å². The zero-order chi connectivity index (χ0) is 16.9. The Balaban J connectivity index is 0.00000288. The van der Waals surface area contributed by atoms with Crippen LogP contribution in [0.1, 0.15) is 31.2 Å². The van der Waals surface area contributed by atoms with Gasteiger partial charge in [0, 0.05) is 13.6 Å². The number of nitrogens with one attached hydrogen (secondary N) is 2. The summed E-state index contributed by atoms with van der Waals surface area (Å²) in [6.07, 6.45) is 1.50. The Morgan fingerprint density at radius 1 is 1.42 bits per heavy atom. The van der Waals surface area contributed by atoms with Gasteiger partial charge in [0.1, 0.15) is 35.8 Å². The Morgan fingerprint density at radius 2 is 2.17 bits per heavy atom. The largest absolute Gasteiger partial charge is 0.463 e. The molecule has 0 radical (unpaired) electrons. The van der Waals surface area contributed by atoms with E-state index >= 15 is 0 Å². The zero-order valence-corrected chi connectivity index (χ0v) is 16.7. The lowest BCUT2D eigenvalue weighted by atomic mass is 10.0. The molecule has 0 aliphatic heterocycles. The summed E-state index contributed by atoms with van der Waals surface area (Å²) in [6.45, 7) is 6.91. The fraction of sp³-hybridized carbons (Fsp3) is 0.533. The lowest BCUT2D eigenvalue weighted by molar-refractivity contribution is 0.0378. The van der Waals surface area contributed by atoms with Crippen molar-refractivity contribution < 1.29 is 9.52 Å². The zero-order valence-electron chi connectivity index (χ0n) is 14.4. The van der Waals surface area contributed by atoms with Crippen molar-refractivity contribution in [2.45, 2.75) is 32.9 Å². The van der Waals surface area contributed by atoms with Crippen LogP contribution in [0.15, 0.2) is 27.9 Å². The van der Waals surface area contributed by atoms with E-state index in [2.05, 4.69) is 25.7 Å². The summed E-state index contributed by atoms with van der Waals surface area (Å²) in [5.41, 5.74) is -1.13. The van der Waals surface area contributed by atoms with Crippen molar-refractivity contribution in [1.29, 1.82) is 0 Å². The number of aromatic nitrogens is 3. The highest BCUT2D eigenvalue weighted by Crippen LogP contribution is 2.21. The molecule has 1 unspecified atom stereocenters. The molecule has 8 nitrogen and oxygen atoms in total. The Morgan fingerprint density at radius 3 is 2.71 bits per heavy atom. The molecule has 0 aromatic carbocycles. The monoisotopic (exact) mass is 448 g/mol. The van der Waals surface area contributed by atoms with Gasteiger partial charge in [-0.3, -0.25) is 4.68 Å². The number of aliphatic hydroxyl groups is 1. The van der Waals surface area contributed by atoms with Crippen LogP contribution in [0.3, 0.4) is 0 Å². The molecule has 3 N–H and O–H groups in total. The predicted octanol–water partition coefficient (Wildman–Crippen LogP) is 1.30. The van der Waals surface area contributed by atoms with E-state index in [9.17, 15) is 5.11 Å². The highest BCUT2D eigenvalue weighted by molar-refractivity contribution is 14.0. The van der Waals surface area contributed by atoms with Gasteiger partial charge in [0.05, 0.1) is 6.54 Å². The van der Waals surface area contributed by atoms with Crippen molar-refractivity contribution in [1.82, 2.24) is 25.4 Å². The summed E-state index contributed by atoms with van der Waals surface area (Å²) in [4.78, 5) is 8.58. The average Bonchev–Trinajstić information content (AvgIpc) is 3.11. The summed E-state index contributed by atoms with van der Waals surface area (Å²) in [5, 5.41) is 20.8. The molecule has 134 valence electrons. The molecule has 0 saturated heterocycles. The molecule has 9 heteroatoms. The van der Waals surface area contributed by atoms with Crippen LogP contribution in [0.2, 0.25) is 0 Å². The van der Waals surface area contributed by atoms with Gasteiger partial charge in [0.2, 0.25) is 0 Å². The first-order valence-corrected chi connectivity index (χ1v) is 7.56. The normalized spacial score (nSPS) is 14.0. The number of furan rings is 1. The van der Waals surface area contributed by atoms with Gasteiger partial charge in [-0.1, -0.05) is 0 Å². The van der Waals surface area contributed by atoms with Gasteiger partial charge < -0.3 is 20.2 Å². The summed E-state index contributed by atoms with van der Waals surface area (Å²) >= 11 is 0. The first-order chi connectivity index (χ1) is 10.9. The Kier molecular flexibility index (Phi) is 7.67. The maximum Gasteiger partial charge on any atom is 0.191 e. The summed E-state index contributed by atoms with van der Waals surface area (Å²) in [6, 6.07) is 3.61. The van der Waals surface area contributed by atoms with Gasteiger partial charge >= 0.3 is 0 Å². The SMILES string of the molecule is CCNC(=NCc1ncnn1C)NCC(C)(O)c1ccc(C)o1.I. The molecule has 0 fully saturated rings. The lowest BCUT2D eigenvalue weighted by Crippen LogP contribution is -2.44. The van der Waals surface area contributed by atoms with Crippen molar-refractivity contribution in [3.63, 3.8) is 0 Å². The average molecular weight is 448 g/mol. The minimum Gasteiger partial charge on any atom is -0.463 e. The Bertz CT molecular complexity index is 664. The molecular weight excluding hydrogens is 423 g/mol. The minimum absolute atomic E-state index is 0. The fourth-order valence-corrected chi connectivity index (χ4v) is 2.02. The molecule has 2 aromatic rings. The Labute approximate surface area is 158 Å². The number of aliphatic imine (C=N–C) groups is 1. The van der Waals surface area contributed by atoms with E-state index in [1.54, 1.807) is 17.7 Å². The van der Waals surface area contributed by atoms with Crippen molar-refractivity contribution in [2.75, 3.05) is 13.1 Å². The standard InChI is InChI=1S/C15H24N6O2.HI/c1-5-16-14(17-8-13-19-10-20-21(13)4)18-9-15(3,22)12-7-6-11(2)23-12;/h6-7,10,22H,5,8-9H2,1-4H3,(H2,16,17,18);1H. The Hall–Kier alpha value is -1.62. The molecule has 24 heavy (non-hydrogen) atoms. The molecule has 1 atom stereocenters. The minimum atomic E-state index is -1.13. The van der Waals surface area contributed by atoms with E-state index in [0.29, 0.717) is 24.8 Å². The third kappa shape index (κ3) is 5.48. The van der Waals surface area contributed by atoms with E-state index in [1.165, 1.54) is 6.33 Å².